The summed E-state index contributed by atoms with van der Waals surface area (Å²) in [7, 11) is -3.72. The number of esters is 1. The van der Waals surface area contributed by atoms with Crippen LogP contribution in [0.4, 0.5) is 19.0 Å². The lowest BCUT2D eigenvalue weighted by molar-refractivity contribution is -0.226. The molecule has 1 aromatic rings. The maximum absolute atomic E-state index is 13.2. The zero-order valence-corrected chi connectivity index (χ0v) is 18.8. The standard InChI is InChI=1S/C20H27F3N4O5S/c21-20(22,23)18(28)32-17-13-26(10-11-31-17)16-3-2-15(12-25-16)33(29,30)27-9-1-4-19(14-27)5-7-24-8-6-19/h2-3,12,17,24H,1,4-11,13-14H2. The second-order valence-corrected chi connectivity index (χ2v) is 10.6. The van der Waals surface area contributed by atoms with Gasteiger partial charge in [0.15, 0.2) is 0 Å². The molecule has 0 amide bonds. The molecule has 3 saturated heterocycles. The van der Waals surface area contributed by atoms with E-state index in [4.69, 9.17) is 4.74 Å². The third-order valence-electron chi connectivity index (χ3n) is 6.48. The van der Waals surface area contributed by atoms with Crippen LogP contribution in [-0.4, -0.2) is 82.0 Å². The molecule has 3 fully saturated rings. The van der Waals surface area contributed by atoms with Crippen LogP contribution in [0.5, 0.6) is 0 Å². The van der Waals surface area contributed by atoms with Gasteiger partial charge in [-0.25, -0.2) is 18.2 Å². The fraction of sp³-hybridized carbons (Fsp3) is 0.700. The molecule has 0 bridgehead atoms. The number of ether oxygens (including phenoxy) is 2. The number of anilines is 1. The van der Waals surface area contributed by atoms with E-state index in [1.165, 1.54) is 18.3 Å². The van der Waals surface area contributed by atoms with Crippen molar-refractivity contribution >= 4 is 21.8 Å². The largest absolute Gasteiger partial charge is 0.491 e. The highest BCUT2D eigenvalue weighted by Gasteiger charge is 2.43. The van der Waals surface area contributed by atoms with Crippen molar-refractivity contribution in [2.75, 3.05) is 50.8 Å². The van der Waals surface area contributed by atoms with Crippen molar-refractivity contribution in [2.45, 2.75) is 43.0 Å². The van der Waals surface area contributed by atoms with Gasteiger partial charge < -0.3 is 19.7 Å². The van der Waals surface area contributed by atoms with Crippen LogP contribution >= 0.6 is 0 Å². The van der Waals surface area contributed by atoms with E-state index in [2.05, 4.69) is 15.0 Å². The average molecular weight is 493 g/mol. The Kier molecular flexibility index (Phi) is 6.85. The minimum atomic E-state index is -5.11. The minimum Gasteiger partial charge on any atom is -0.427 e. The number of rotatable bonds is 4. The lowest BCUT2D eigenvalue weighted by Crippen LogP contribution is -2.50. The fourth-order valence-electron chi connectivity index (χ4n) is 4.68. The van der Waals surface area contributed by atoms with Crippen molar-refractivity contribution < 1.29 is 35.9 Å². The highest BCUT2D eigenvalue weighted by atomic mass is 32.2. The Morgan fingerprint density at radius 3 is 2.64 bits per heavy atom. The van der Waals surface area contributed by atoms with Crippen LogP contribution in [0.15, 0.2) is 23.2 Å². The summed E-state index contributed by atoms with van der Waals surface area (Å²) in [4.78, 5) is 16.9. The van der Waals surface area contributed by atoms with Crippen molar-refractivity contribution in [1.82, 2.24) is 14.6 Å². The van der Waals surface area contributed by atoms with Crippen molar-refractivity contribution in [2.24, 2.45) is 5.41 Å². The van der Waals surface area contributed by atoms with Crippen LogP contribution in [0.1, 0.15) is 25.7 Å². The average Bonchev–Trinajstić information content (AvgIpc) is 2.79. The van der Waals surface area contributed by atoms with E-state index in [0.29, 0.717) is 25.5 Å². The molecule has 1 N–H and O–H groups in total. The van der Waals surface area contributed by atoms with E-state index in [9.17, 15) is 26.4 Å². The number of hydrogen-bond acceptors (Lipinski definition) is 8. The summed E-state index contributed by atoms with van der Waals surface area (Å²) in [6.07, 6.45) is -1.50. The highest BCUT2D eigenvalue weighted by molar-refractivity contribution is 7.89. The highest BCUT2D eigenvalue weighted by Crippen LogP contribution is 2.39. The predicted octanol–water partition coefficient (Wildman–Crippen LogP) is 1.50. The first kappa shape index (κ1) is 24.2. The second kappa shape index (κ2) is 9.35. The molecular weight excluding hydrogens is 465 g/mol. The first-order chi connectivity index (χ1) is 15.6. The molecule has 9 nitrogen and oxygen atoms in total. The van der Waals surface area contributed by atoms with Gasteiger partial charge in [0.25, 0.3) is 0 Å². The summed E-state index contributed by atoms with van der Waals surface area (Å²) in [5.74, 6) is -1.96. The molecule has 184 valence electrons. The number of sulfonamides is 1. The van der Waals surface area contributed by atoms with E-state index in [1.54, 1.807) is 9.21 Å². The Bertz CT molecular complexity index is 946. The van der Waals surface area contributed by atoms with Gasteiger partial charge >= 0.3 is 12.1 Å². The third kappa shape index (κ3) is 5.42. The van der Waals surface area contributed by atoms with E-state index < -0.39 is 28.5 Å². The number of nitrogens with one attached hydrogen (secondary N) is 1. The number of hydrogen-bond donors (Lipinski definition) is 1. The van der Waals surface area contributed by atoms with Crippen LogP contribution in [0, 0.1) is 5.41 Å². The molecule has 0 aliphatic carbocycles. The summed E-state index contributed by atoms with van der Waals surface area (Å²) in [6, 6.07) is 2.96. The molecule has 1 aromatic heterocycles. The first-order valence-corrected chi connectivity index (χ1v) is 12.3. The Hall–Kier alpha value is -1.96. The van der Waals surface area contributed by atoms with Gasteiger partial charge in [0, 0.05) is 25.8 Å². The molecule has 4 heterocycles. The molecule has 3 aliphatic rings. The lowest BCUT2D eigenvalue weighted by Gasteiger charge is -2.44. The molecule has 4 rings (SSSR count). The number of pyridine rings is 1. The smallest absolute Gasteiger partial charge is 0.427 e. The van der Waals surface area contributed by atoms with Gasteiger partial charge in [-0.1, -0.05) is 0 Å². The van der Waals surface area contributed by atoms with Gasteiger partial charge in [0.05, 0.1) is 13.2 Å². The van der Waals surface area contributed by atoms with Gasteiger partial charge in [0.2, 0.25) is 16.3 Å². The summed E-state index contributed by atoms with van der Waals surface area (Å²) in [5, 5.41) is 3.32. The van der Waals surface area contributed by atoms with Crippen LogP contribution < -0.4 is 10.2 Å². The first-order valence-electron chi connectivity index (χ1n) is 10.9. The van der Waals surface area contributed by atoms with Gasteiger partial charge in [-0.05, 0) is 56.3 Å². The molecule has 1 atom stereocenters. The summed E-state index contributed by atoms with van der Waals surface area (Å²) in [5.41, 5.74) is 0.0145. The van der Waals surface area contributed by atoms with Crippen LogP contribution in [0.3, 0.4) is 0 Å². The second-order valence-electron chi connectivity index (χ2n) is 8.69. The Labute approximate surface area is 190 Å². The molecule has 3 aliphatic heterocycles. The molecule has 0 aromatic carbocycles. The quantitative estimate of drug-likeness (QED) is 0.632. The number of morpholine rings is 1. The van der Waals surface area contributed by atoms with E-state index >= 15 is 0 Å². The Morgan fingerprint density at radius 2 is 1.97 bits per heavy atom. The molecular formula is C20H27F3N4O5S. The van der Waals surface area contributed by atoms with Gasteiger partial charge in [-0.15, -0.1) is 0 Å². The summed E-state index contributed by atoms with van der Waals surface area (Å²) in [6.45, 7) is 2.93. The SMILES string of the molecule is O=C(OC1CN(c2ccc(S(=O)(=O)N3CCCC4(CCNCC4)C3)cn2)CCO1)C(F)(F)F. The van der Waals surface area contributed by atoms with Crippen LogP contribution in [-0.2, 0) is 24.3 Å². The number of nitrogens with zero attached hydrogens (tertiary/aromatic N) is 3. The molecule has 1 spiro atoms. The fourth-order valence-corrected chi connectivity index (χ4v) is 6.22. The molecule has 0 radical (unpaired) electrons. The molecule has 33 heavy (non-hydrogen) atoms. The molecule has 13 heteroatoms. The maximum Gasteiger partial charge on any atom is 0.491 e. The number of halogens is 3. The number of piperidine rings is 2. The van der Waals surface area contributed by atoms with Gasteiger partial charge in [-0.3, -0.25) is 0 Å². The number of aromatic nitrogens is 1. The monoisotopic (exact) mass is 492 g/mol. The topological polar surface area (TPSA) is 101 Å². The minimum absolute atomic E-state index is 0.0145. The molecule has 0 saturated carbocycles. The van der Waals surface area contributed by atoms with E-state index in [1.807, 2.05) is 0 Å². The predicted molar refractivity (Wildman–Crippen MR) is 111 cm³/mol. The zero-order valence-electron chi connectivity index (χ0n) is 18.0. The maximum atomic E-state index is 13.2. The number of carbonyl (C=O) groups excluding carboxylic acids is 1. The van der Waals surface area contributed by atoms with Crippen LogP contribution in [0.25, 0.3) is 0 Å². The van der Waals surface area contributed by atoms with Crippen LogP contribution in [0.2, 0.25) is 0 Å². The lowest BCUT2D eigenvalue weighted by atomic mass is 9.73. The van der Waals surface area contributed by atoms with Crippen molar-refractivity contribution in [1.29, 1.82) is 0 Å². The van der Waals surface area contributed by atoms with Gasteiger partial charge in [0.1, 0.15) is 10.7 Å². The third-order valence-corrected chi connectivity index (χ3v) is 8.31. The summed E-state index contributed by atoms with van der Waals surface area (Å²) < 4.78 is 74.8. The number of carbonyl (C=O) groups is 1. The molecule has 1 unspecified atom stereocenters. The Morgan fingerprint density at radius 1 is 1.21 bits per heavy atom. The van der Waals surface area contributed by atoms with Crippen molar-refractivity contribution in [3.05, 3.63) is 18.3 Å². The van der Waals surface area contributed by atoms with E-state index in [0.717, 1.165) is 38.8 Å². The van der Waals surface area contributed by atoms with Gasteiger partial charge in [-0.2, -0.15) is 17.5 Å². The Balaban J connectivity index is 1.42. The normalized spacial score (nSPS) is 24.6. The summed E-state index contributed by atoms with van der Waals surface area (Å²) >= 11 is 0. The zero-order chi connectivity index (χ0) is 23.7. The van der Waals surface area contributed by atoms with E-state index in [-0.39, 0.29) is 23.5 Å². The van der Waals surface area contributed by atoms with Crippen molar-refractivity contribution in [3.63, 3.8) is 0 Å². The number of alkyl halides is 3. The van der Waals surface area contributed by atoms with Crippen molar-refractivity contribution in [3.8, 4) is 0 Å².